The van der Waals surface area contributed by atoms with Gasteiger partial charge in [0.1, 0.15) is 5.69 Å². The molecule has 0 spiro atoms. The second kappa shape index (κ2) is 9.86. The van der Waals surface area contributed by atoms with Crippen LogP contribution in [-0.2, 0) is 0 Å². The smallest absolute Gasteiger partial charge is 0.265 e. The third-order valence-electron chi connectivity index (χ3n) is 9.09. The fourth-order valence-corrected chi connectivity index (χ4v) is 8.32. The normalized spacial score (nSPS) is 15.0. The van der Waals surface area contributed by atoms with Gasteiger partial charge in [0.15, 0.2) is 5.75 Å². The molecule has 9 aromatic rings. The number of anilines is 2. The number of aryl methyl sites for hydroxylation is 2. The molecule has 0 fully saturated rings. The number of para-hydroxylation sites is 1. The average molecular weight is 628 g/mol. The molecule has 4 nitrogen and oxygen atoms in total. The highest BCUT2D eigenvalue weighted by molar-refractivity contribution is 7.26. The third-order valence-corrected chi connectivity index (χ3v) is 10.3. The lowest BCUT2D eigenvalue weighted by molar-refractivity contribution is 0.316. The molecule has 222 valence electrons. The molecule has 5 heteroatoms. The molecule has 0 saturated carbocycles. The van der Waals surface area contributed by atoms with Crippen LogP contribution in [-0.4, -0.2) is 9.97 Å². The van der Waals surface area contributed by atoms with E-state index < -0.39 is 13.7 Å². The van der Waals surface area contributed by atoms with Crippen molar-refractivity contribution in [2.24, 2.45) is 0 Å². The van der Waals surface area contributed by atoms with E-state index in [0.29, 0.717) is 27.9 Å². The number of hydrogen-bond donors (Lipinski definition) is 0. The number of nitrogens with zero attached hydrogens (tertiary/aromatic N) is 3. The zero-order valence-electron chi connectivity index (χ0n) is 30.8. The molecular formula is C42H27N3OS. The second-order valence-corrected chi connectivity index (χ2v) is 12.8. The van der Waals surface area contributed by atoms with Crippen LogP contribution in [0.15, 0.2) is 127 Å². The van der Waals surface area contributed by atoms with Crippen LogP contribution in [0.2, 0.25) is 0 Å². The van der Waals surface area contributed by atoms with Gasteiger partial charge in [-0.3, -0.25) is 0 Å². The maximum atomic E-state index is 8.46. The predicted octanol–water partition coefficient (Wildman–Crippen LogP) is 11.7. The lowest BCUT2D eigenvalue weighted by atomic mass is 9.89. The van der Waals surface area contributed by atoms with Crippen LogP contribution in [0.25, 0.3) is 75.0 Å². The molecule has 1 aliphatic heterocycles. The Balaban J connectivity index is 1.33. The van der Waals surface area contributed by atoms with Crippen LogP contribution in [0.3, 0.4) is 0 Å². The Bertz CT molecular complexity index is 2990. The van der Waals surface area contributed by atoms with Gasteiger partial charge in [-0.1, -0.05) is 115 Å². The van der Waals surface area contributed by atoms with E-state index in [1.165, 1.54) is 12.1 Å². The Morgan fingerprint density at radius 2 is 1.43 bits per heavy atom. The molecule has 3 heterocycles. The molecule has 0 N–H and O–H groups in total. The summed E-state index contributed by atoms with van der Waals surface area (Å²) in [5.74, 6) is 0.842. The van der Waals surface area contributed by atoms with Gasteiger partial charge in [0, 0.05) is 45.8 Å². The molecule has 10 rings (SSSR count). The van der Waals surface area contributed by atoms with Gasteiger partial charge in [0.25, 0.3) is 5.95 Å². The van der Waals surface area contributed by atoms with E-state index >= 15 is 0 Å². The van der Waals surface area contributed by atoms with Crippen molar-refractivity contribution in [3.8, 4) is 28.1 Å². The molecule has 47 heavy (non-hydrogen) atoms. The largest absolute Gasteiger partial charge is 0.371 e. The van der Waals surface area contributed by atoms with Gasteiger partial charge in [-0.25, -0.2) is 9.97 Å². The first-order chi connectivity index (χ1) is 25.6. The number of rotatable bonds is 2. The van der Waals surface area contributed by atoms with Gasteiger partial charge in [0.2, 0.25) is 0 Å². The van der Waals surface area contributed by atoms with Gasteiger partial charge in [-0.05, 0) is 59.0 Å². The summed E-state index contributed by atoms with van der Waals surface area (Å²) in [6, 6.07) is 40.8. The Labute approximate surface area is 283 Å². The summed E-state index contributed by atoms with van der Waals surface area (Å²) in [5, 5.41) is 8.85. The Morgan fingerprint density at radius 3 is 2.30 bits per heavy atom. The first-order valence-electron chi connectivity index (χ1n) is 18.3. The van der Waals surface area contributed by atoms with Crippen LogP contribution in [0.4, 0.5) is 11.6 Å². The lowest BCUT2D eigenvalue weighted by Crippen LogP contribution is -2.28. The zero-order valence-corrected chi connectivity index (χ0v) is 25.6. The van der Waals surface area contributed by atoms with Crippen LogP contribution in [0.5, 0.6) is 5.75 Å². The Morgan fingerprint density at radius 1 is 0.660 bits per heavy atom. The molecular weight excluding hydrogens is 595 g/mol. The first-order valence-corrected chi connectivity index (χ1v) is 16.2. The minimum atomic E-state index is -2.63. The molecule has 1 aliphatic rings. The summed E-state index contributed by atoms with van der Waals surface area (Å²) in [5.41, 5.74) is 3.82. The molecule has 2 aromatic heterocycles. The van der Waals surface area contributed by atoms with Gasteiger partial charge in [-0.2, -0.15) is 0 Å². The minimum Gasteiger partial charge on any atom is -0.371 e. The highest BCUT2D eigenvalue weighted by Crippen LogP contribution is 2.56. The van der Waals surface area contributed by atoms with Crippen molar-refractivity contribution in [3.05, 3.63) is 139 Å². The van der Waals surface area contributed by atoms with Gasteiger partial charge >= 0.3 is 0 Å². The van der Waals surface area contributed by atoms with Crippen molar-refractivity contribution < 1.29 is 13.1 Å². The molecule has 0 saturated heterocycles. The van der Waals surface area contributed by atoms with E-state index in [1.807, 2.05) is 54.6 Å². The fourth-order valence-electron chi connectivity index (χ4n) is 7.07. The topological polar surface area (TPSA) is 38.2 Å². The average Bonchev–Trinajstić information content (AvgIpc) is 3.56. The van der Waals surface area contributed by atoms with Crippen molar-refractivity contribution >= 4 is 75.6 Å². The quantitative estimate of drug-likeness (QED) is 0.191. The number of aromatic nitrogens is 2. The fraction of sp³-hybridized carbons (Fsp3) is 0.0476. The van der Waals surface area contributed by atoms with Crippen molar-refractivity contribution in [1.82, 2.24) is 9.97 Å². The Kier molecular flexibility index (Phi) is 4.42. The van der Waals surface area contributed by atoms with Gasteiger partial charge < -0.3 is 4.84 Å². The van der Waals surface area contributed by atoms with E-state index in [2.05, 4.69) is 54.6 Å². The molecule has 7 aromatic carbocycles. The number of thiophene rings is 1. The molecule has 0 unspecified atom stereocenters. The van der Waals surface area contributed by atoms with Gasteiger partial charge in [-0.15, -0.1) is 16.4 Å². The van der Waals surface area contributed by atoms with Crippen molar-refractivity contribution in [3.63, 3.8) is 0 Å². The van der Waals surface area contributed by atoms with Crippen LogP contribution in [0, 0.1) is 13.7 Å². The van der Waals surface area contributed by atoms with Crippen molar-refractivity contribution in [1.29, 1.82) is 0 Å². The molecule has 0 bridgehead atoms. The van der Waals surface area contributed by atoms with Crippen LogP contribution < -0.4 is 9.90 Å². The first kappa shape index (κ1) is 21.1. The van der Waals surface area contributed by atoms with Gasteiger partial charge in [0.05, 0.1) is 15.9 Å². The van der Waals surface area contributed by atoms with E-state index in [-0.39, 0.29) is 17.1 Å². The summed E-state index contributed by atoms with van der Waals surface area (Å²) in [4.78, 5) is 17.1. The molecule has 0 amide bonds. The summed E-state index contributed by atoms with van der Waals surface area (Å²) < 4.78 is 51.5. The summed E-state index contributed by atoms with van der Waals surface area (Å²) in [6.07, 6.45) is 0. The third kappa shape index (κ3) is 3.81. The summed E-state index contributed by atoms with van der Waals surface area (Å²) in [6.45, 7) is -5.11. The van der Waals surface area contributed by atoms with E-state index in [1.54, 1.807) is 22.5 Å². The predicted molar refractivity (Wildman–Crippen MR) is 197 cm³/mol. The molecule has 0 radical (unpaired) electrons. The lowest BCUT2D eigenvalue weighted by Gasteiger charge is -2.33. The minimum absolute atomic E-state index is 0.0536. The number of fused-ring (bicyclic) bond motifs is 13. The molecule has 0 aliphatic carbocycles. The van der Waals surface area contributed by atoms with E-state index in [4.69, 9.17) is 23.0 Å². The SMILES string of the molecule is [2H]C([2H])([2H])c1ccc(-c2nc(N3Oc4ccc5ccccc5c4-c4c3c3sc5ccccc5c3c3ccccc43)nc3ccccc23)c(C([2H])([2H])[2H])c1. The highest BCUT2D eigenvalue weighted by Gasteiger charge is 2.34. The van der Waals surface area contributed by atoms with E-state index in [9.17, 15) is 0 Å². The summed E-state index contributed by atoms with van der Waals surface area (Å²) >= 11 is 1.68. The molecule has 0 atom stereocenters. The Hall–Kier alpha value is -5.78. The number of benzene rings is 7. The maximum absolute atomic E-state index is 8.46. The maximum Gasteiger partial charge on any atom is 0.265 e. The second-order valence-electron chi connectivity index (χ2n) is 11.8. The van der Waals surface area contributed by atoms with Crippen LogP contribution in [0.1, 0.15) is 19.4 Å². The monoisotopic (exact) mass is 627 g/mol. The van der Waals surface area contributed by atoms with Crippen LogP contribution >= 0.6 is 11.3 Å². The van der Waals surface area contributed by atoms with Crippen molar-refractivity contribution in [2.45, 2.75) is 13.7 Å². The van der Waals surface area contributed by atoms with Crippen molar-refractivity contribution in [2.75, 3.05) is 5.06 Å². The highest BCUT2D eigenvalue weighted by atomic mass is 32.1. The summed E-state index contributed by atoms with van der Waals surface area (Å²) in [7, 11) is 0. The standard InChI is InChI=1S/C42H27N3OS/c1-24-19-21-27(25(2)23-24)39-31-15-7-9-17-33(31)43-42(44-39)45-40-38(37-28-12-4-3-11-26(28)20-22-34(37)46-45)30-14-6-5-13-29(30)36-32-16-8-10-18-35(32)47-41(36)40/h3-23H,1-2H3/i1D3,2D3. The zero-order chi connectivity index (χ0) is 36.2. The van der Waals surface area contributed by atoms with E-state index in [0.717, 1.165) is 58.5 Å². The number of hydrogen-bond acceptors (Lipinski definition) is 5.